The molecule has 1 atom stereocenters. The van der Waals surface area contributed by atoms with Gasteiger partial charge >= 0.3 is 0 Å². The number of rotatable bonds is 4. The Morgan fingerprint density at radius 2 is 2.06 bits per heavy atom. The van der Waals surface area contributed by atoms with Crippen LogP contribution in [0.5, 0.6) is 0 Å². The minimum atomic E-state index is -0.279. The fourth-order valence-corrected chi connectivity index (χ4v) is 1.52. The Hall–Kier alpha value is -1.75. The zero-order chi connectivity index (χ0) is 12.3. The molecule has 0 aliphatic heterocycles. The van der Waals surface area contributed by atoms with Gasteiger partial charge in [-0.15, -0.1) is 0 Å². The van der Waals surface area contributed by atoms with Gasteiger partial charge in [-0.2, -0.15) is 4.98 Å². The summed E-state index contributed by atoms with van der Waals surface area (Å²) in [7, 11) is 0. The SMILES string of the molecule is CCNC(C)c1nc(-c2ccc(F)cc2)no1. The fraction of sp³-hybridized carbons (Fsp3) is 0.333. The molecule has 5 heteroatoms. The van der Waals surface area contributed by atoms with Crippen molar-refractivity contribution in [3.63, 3.8) is 0 Å². The minimum absolute atomic E-state index is 0.0155. The van der Waals surface area contributed by atoms with Crippen molar-refractivity contribution in [1.82, 2.24) is 15.5 Å². The molecular formula is C12H14FN3O. The highest BCUT2D eigenvalue weighted by Gasteiger charge is 2.13. The number of halogens is 1. The van der Waals surface area contributed by atoms with Crippen LogP contribution in [-0.4, -0.2) is 16.7 Å². The Kier molecular flexibility index (Phi) is 3.49. The second kappa shape index (κ2) is 5.05. The number of benzene rings is 1. The summed E-state index contributed by atoms with van der Waals surface area (Å²) >= 11 is 0. The minimum Gasteiger partial charge on any atom is -0.337 e. The van der Waals surface area contributed by atoms with E-state index >= 15 is 0 Å². The van der Waals surface area contributed by atoms with E-state index in [1.807, 2.05) is 13.8 Å². The van der Waals surface area contributed by atoms with Crippen LogP contribution in [0.2, 0.25) is 0 Å². The molecule has 0 radical (unpaired) electrons. The molecule has 90 valence electrons. The Bertz CT molecular complexity index is 481. The number of aromatic nitrogens is 2. The monoisotopic (exact) mass is 235 g/mol. The quantitative estimate of drug-likeness (QED) is 0.884. The van der Waals surface area contributed by atoms with Crippen molar-refractivity contribution in [2.45, 2.75) is 19.9 Å². The number of nitrogens with zero attached hydrogens (tertiary/aromatic N) is 2. The van der Waals surface area contributed by atoms with Crippen molar-refractivity contribution < 1.29 is 8.91 Å². The second-order valence-corrected chi connectivity index (χ2v) is 3.74. The van der Waals surface area contributed by atoms with Crippen LogP contribution < -0.4 is 5.32 Å². The lowest BCUT2D eigenvalue weighted by atomic mass is 10.2. The van der Waals surface area contributed by atoms with Gasteiger partial charge < -0.3 is 9.84 Å². The lowest BCUT2D eigenvalue weighted by Crippen LogP contribution is -2.17. The molecule has 2 aromatic rings. The van der Waals surface area contributed by atoms with Crippen molar-refractivity contribution >= 4 is 0 Å². The number of hydrogen-bond donors (Lipinski definition) is 1. The van der Waals surface area contributed by atoms with E-state index in [-0.39, 0.29) is 11.9 Å². The summed E-state index contributed by atoms with van der Waals surface area (Å²) in [6.07, 6.45) is 0. The Morgan fingerprint density at radius 3 is 2.71 bits per heavy atom. The van der Waals surface area contributed by atoms with E-state index in [9.17, 15) is 4.39 Å². The van der Waals surface area contributed by atoms with Crippen LogP contribution >= 0.6 is 0 Å². The van der Waals surface area contributed by atoms with Gasteiger partial charge in [-0.1, -0.05) is 12.1 Å². The van der Waals surface area contributed by atoms with Crippen LogP contribution in [0.4, 0.5) is 4.39 Å². The normalized spacial score (nSPS) is 12.6. The van der Waals surface area contributed by atoms with Crippen LogP contribution in [0, 0.1) is 5.82 Å². The maximum Gasteiger partial charge on any atom is 0.243 e. The zero-order valence-electron chi connectivity index (χ0n) is 9.77. The molecule has 4 nitrogen and oxygen atoms in total. The molecule has 1 unspecified atom stereocenters. The van der Waals surface area contributed by atoms with Gasteiger partial charge in [0.25, 0.3) is 0 Å². The van der Waals surface area contributed by atoms with E-state index in [0.29, 0.717) is 11.7 Å². The predicted octanol–water partition coefficient (Wildman–Crippen LogP) is 2.55. The summed E-state index contributed by atoms with van der Waals surface area (Å²) in [5.74, 6) is 0.731. The van der Waals surface area contributed by atoms with Gasteiger partial charge in [-0.25, -0.2) is 4.39 Å². The molecule has 0 saturated heterocycles. The van der Waals surface area contributed by atoms with Crippen LogP contribution in [-0.2, 0) is 0 Å². The number of hydrogen-bond acceptors (Lipinski definition) is 4. The molecule has 1 aromatic carbocycles. The highest BCUT2D eigenvalue weighted by molar-refractivity contribution is 5.53. The predicted molar refractivity (Wildman–Crippen MR) is 61.8 cm³/mol. The topological polar surface area (TPSA) is 51.0 Å². The summed E-state index contributed by atoms with van der Waals surface area (Å²) < 4.78 is 17.9. The standard InChI is InChI=1S/C12H14FN3O/c1-3-14-8(2)12-15-11(16-17-12)9-4-6-10(13)7-5-9/h4-8,14H,3H2,1-2H3. The lowest BCUT2D eigenvalue weighted by Gasteiger charge is -2.04. The van der Waals surface area contributed by atoms with Crippen molar-refractivity contribution in [2.24, 2.45) is 0 Å². The first-order valence-electron chi connectivity index (χ1n) is 5.53. The van der Waals surface area contributed by atoms with Crippen molar-refractivity contribution in [3.05, 3.63) is 36.0 Å². The average Bonchev–Trinajstić information content (AvgIpc) is 2.80. The molecule has 0 aliphatic carbocycles. The molecule has 1 N–H and O–H groups in total. The summed E-state index contributed by atoms with van der Waals surface area (Å²) in [6, 6.07) is 6.02. The van der Waals surface area contributed by atoms with Gasteiger partial charge in [0.2, 0.25) is 11.7 Å². The first-order chi connectivity index (χ1) is 8.20. The third-order valence-corrected chi connectivity index (χ3v) is 2.42. The second-order valence-electron chi connectivity index (χ2n) is 3.74. The van der Waals surface area contributed by atoms with E-state index < -0.39 is 0 Å². The van der Waals surface area contributed by atoms with Gasteiger partial charge in [0.15, 0.2) is 0 Å². The Balaban J connectivity index is 2.20. The molecule has 17 heavy (non-hydrogen) atoms. The smallest absolute Gasteiger partial charge is 0.243 e. The molecule has 0 aliphatic rings. The molecule has 0 saturated carbocycles. The third-order valence-electron chi connectivity index (χ3n) is 2.42. The van der Waals surface area contributed by atoms with Gasteiger partial charge in [0.05, 0.1) is 6.04 Å². The van der Waals surface area contributed by atoms with E-state index in [2.05, 4.69) is 15.5 Å². The molecule has 2 rings (SSSR count). The van der Waals surface area contributed by atoms with Gasteiger partial charge in [0.1, 0.15) is 5.82 Å². The Morgan fingerprint density at radius 1 is 1.35 bits per heavy atom. The first kappa shape index (κ1) is 11.7. The van der Waals surface area contributed by atoms with E-state index in [1.54, 1.807) is 12.1 Å². The fourth-order valence-electron chi connectivity index (χ4n) is 1.52. The molecular weight excluding hydrogens is 221 g/mol. The molecule has 1 heterocycles. The van der Waals surface area contributed by atoms with E-state index in [0.717, 1.165) is 12.1 Å². The lowest BCUT2D eigenvalue weighted by molar-refractivity contribution is 0.342. The Labute approximate surface area is 98.8 Å². The zero-order valence-corrected chi connectivity index (χ0v) is 9.77. The maximum absolute atomic E-state index is 12.8. The van der Waals surface area contributed by atoms with E-state index in [1.165, 1.54) is 12.1 Å². The summed E-state index contributed by atoms with van der Waals surface area (Å²) in [5, 5.41) is 7.05. The van der Waals surface area contributed by atoms with Gasteiger partial charge in [-0.3, -0.25) is 0 Å². The number of nitrogens with one attached hydrogen (secondary N) is 1. The van der Waals surface area contributed by atoms with Crippen molar-refractivity contribution in [1.29, 1.82) is 0 Å². The van der Waals surface area contributed by atoms with Crippen LogP contribution in [0.15, 0.2) is 28.8 Å². The largest absolute Gasteiger partial charge is 0.337 e. The first-order valence-corrected chi connectivity index (χ1v) is 5.53. The molecule has 1 aromatic heterocycles. The molecule has 0 spiro atoms. The van der Waals surface area contributed by atoms with Gasteiger partial charge in [-0.05, 0) is 37.7 Å². The van der Waals surface area contributed by atoms with Crippen LogP contribution in [0.25, 0.3) is 11.4 Å². The van der Waals surface area contributed by atoms with Crippen LogP contribution in [0.1, 0.15) is 25.8 Å². The highest BCUT2D eigenvalue weighted by atomic mass is 19.1. The molecule has 0 amide bonds. The van der Waals surface area contributed by atoms with Crippen LogP contribution in [0.3, 0.4) is 0 Å². The maximum atomic E-state index is 12.8. The highest BCUT2D eigenvalue weighted by Crippen LogP contribution is 2.18. The van der Waals surface area contributed by atoms with Gasteiger partial charge in [0, 0.05) is 5.56 Å². The van der Waals surface area contributed by atoms with E-state index in [4.69, 9.17) is 4.52 Å². The average molecular weight is 235 g/mol. The van der Waals surface area contributed by atoms with Crippen molar-refractivity contribution in [2.75, 3.05) is 6.54 Å². The summed E-state index contributed by atoms with van der Waals surface area (Å²) in [6.45, 7) is 4.79. The molecule has 0 bridgehead atoms. The van der Waals surface area contributed by atoms with Crippen molar-refractivity contribution in [3.8, 4) is 11.4 Å². The summed E-state index contributed by atoms with van der Waals surface area (Å²) in [5.41, 5.74) is 0.741. The molecule has 0 fully saturated rings. The third kappa shape index (κ3) is 2.68. The summed E-state index contributed by atoms with van der Waals surface area (Å²) in [4.78, 5) is 4.27.